The second-order valence-electron chi connectivity index (χ2n) is 5.36. The van der Waals surface area contributed by atoms with Gasteiger partial charge in [-0.25, -0.2) is 0 Å². The zero-order chi connectivity index (χ0) is 12.2. The van der Waals surface area contributed by atoms with Crippen LogP contribution in [0.2, 0.25) is 0 Å². The van der Waals surface area contributed by atoms with Crippen LogP contribution in [0.15, 0.2) is 12.7 Å². The van der Waals surface area contributed by atoms with Crippen LogP contribution in [0.3, 0.4) is 0 Å². The molecule has 0 aromatic heterocycles. The predicted octanol–water partition coefficient (Wildman–Crippen LogP) is 5.25. The highest BCUT2D eigenvalue weighted by Crippen LogP contribution is 2.18. The van der Waals surface area contributed by atoms with E-state index in [4.69, 9.17) is 4.74 Å². The van der Waals surface area contributed by atoms with Crippen molar-refractivity contribution in [3.8, 4) is 0 Å². The van der Waals surface area contributed by atoms with E-state index in [-0.39, 0.29) is 0 Å². The summed E-state index contributed by atoms with van der Waals surface area (Å²) in [5.41, 5.74) is 0. The summed E-state index contributed by atoms with van der Waals surface area (Å²) in [7, 11) is 0. The fourth-order valence-electron chi connectivity index (χ4n) is 2.31. The zero-order valence-corrected chi connectivity index (χ0v) is 11.5. The zero-order valence-electron chi connectivity index (χ0n) is 11.5. The Balaban J connectivity index is 1.62. The number of rotatable bonds is 13. The highest BCUT2D eigenvalue weighted by Gasteiger charge is 2.20. The van der Waals surface area contributed by atoms with Gasteiger partial charge in [-0.2, -0.15) is 0 Å². The Bertz CT molecular complexity index is 172. The molecule has 1 heteroatoms. The quantitative estimate of drug-likeness (QED) is 0.242. The van der Waals surface area contributed by atoms with Gasteiger partial charge in [0.2, 0.25) is 0 Å². The Hall–Kier alpha value is -0.300. The number of hydrogen-bond donors (Lipinski definition) is 0. The minimum atomic E-state index is 0.644. The number of unbranched alkanes of at least 4 members (excludes halogenated alkanes) is 10. The molecule has 0 aromatic carbocycles. The molecule has 1 aliphatic heterocycles. The van der Waals surface area contributed by atoms with Crippen LogP contribution in [-0.2, 0) is 4.74 Å². The molecule has 1 aliphatic rings. The van der Waals surface area contributed by atoms with Crippen molar-refractivity contribution < 1.29 is 4.74 Å². The average molecular weight is 238 g/mol. The summed E-state index contributed by atoms with van der Waals surface area (Å²) >= 11 is 0. The number of epoxide rings is 1. The van der Waals surface area contributed by atoms with E-state index in [9.17, 15) is 0 Å². The first-order chi connectivity index (χ1) is 8.43. The normalized spacial score (nSPS) is 18.2. The second kappa shape index (κ2) is 10.8. The number of hydrogen-bond acceptors (Lipinski definition) is 1. The first-order valence-electron chi connectivity index (χ1n) is 7.66. The Morgan fingerprint density at radius 2 is 1.29 bits per heavy atom. The monoisotopic (exact) mass is 238 g/mol. The standard InChI is InChI=1S/C16H30O/c1-2-3-4-5-6-7-8-9-10-11-12-13-14-16-15-17-16/h2,16H,1,3-15H2. The molecule has 0 bridgehead atoms. The summed E-state index contributed by atoms with van der Waals surface area (Å²) in [6, 6.07) is 0. The van der Waals surface area contributed by atoms with Crippen LogP contribution in [0.4, 0.5) is 0 Å². The molecule has 0 N–H and O–H groups in total. The maximum absolute atomic E-state index is 5.20. The molecule has 0 spiro atoms. The fourth-order valence-corrected chi connectivity index (χ4v) is 2.31. The van der Waals surface area contributed by atoms with Gasteiger partial charge >= 0.3 is 0 Å². The van der Waals surface area contributed by atoms with E-state index in [1.807, 2.05) is 6.08 Å². The van der Waals surface area contributed by atoms with Crippen molar-refractivity contribution in [2.75, 3.05) is 6.61 Å². The van der Waals surface area contributed by atoms with Crippen molar-refractivity contribution in [2.24, 2.45) is 0 Å². The fraction of sp³-hybridized carbons (Fsp3) is 0.875. The third kappa shape index (κ3) is 10.6. The molecule has 1 heterocycles. The van der Waals surface area contributed by atoms with E-state index in [2.05, 4.69) is 6.58 Å². The molecule has 17 heavy (non-hydrogen) atoms. The maximum atomic E-state index is 5.20. The van der Waals surface area contributed by atoms with E-state index >= 15 is 0 Å². The van der Waals surface area contributed by atoms with Crippen LogP contribution < -0.4 is 0 Å². The SMILES string of the molecule is C=CCCCCCCCCCCCCC1CO1. The molecular formula is C16H30O. The van der Waals surface area contributed by atoms with E-state index in [1.165, 1.54) is 77.0 Å². The smallest absolute Gasteiger partial charge is 0.0810 e. The van der Waals surface area contributed by atoms with Crippen LogP contribution in [0.25, 0.3) is 0 Å². The Morgan fingerprint density at radius 1 is 0.824 bits per heavy atom. The first-order valence-corrected chi connectivity index (χ1v) is 7.66. The molecule has 0 radical (unpaired) electrons. The van der Waals surface area contributed by atoms with E-state index in [0.29, 0.717) is 6.10 Å². The maximum Gasteiger partial charge on any atom is 0.0810 e. The topological polar surface area (TPSA) is 12.5 Å². The first kappa shape index (κ1) is 14.8. The summed E-state index contributed by atoms with van der Waals surface area (Å²) in [4.78, 5) is 0. The van der Waals surface area contributed by atoms with Gasteiger partial charge in [0.25, 0.3) is 0 Å². The summed E-state index contributed by atoms with van der Waals surface area (Å²) in [6.07, 6.45) is 19.3. The van der Waals surface area contributed by atoms with Crippen LogP contribution in [0, 0.1) is 0 Å². The molecule has 1 saturated heterocycles. The van der Waals surface area contributed by atoms with Gasteiger partial charge in [-0.3, -0.25) is 0 Å². The lowest BCUT2D eigenvalue weighted by Crippen LogP contribution is -1.86. The van der Waals surface area contributed by atoms with Gasteiger partial charge in [0.05, 0.1) is 12.7 Å². The molecule has 0 amide bonds. The molecular weight excluding hydrogens is 208 g/mol. The van der Waals surface area contributed by atoms with E-state index < -0.39 is 0 Å². The largest absolute Gasteiger partial charge is 0.373 e. The van der Waals surface area contributed by atoms with Gasteiger partial charge in [-0.1, -0.05) is 63.9 Å². The van der Waals surface area contributed by atoms with Crippen LogP contribution in [0.5, 0.6) is 0 Å². The van der Waals surface area contributed by atoms with Gasteiger partial charge in [0.1, 0.15) is 0 Å². The van der Waals surface area contributed by atoms with Crippen molar-refractivity contribution in [1.29, 1.82) is 0 Å². The minimum absolute atomic E-state index is 0.644. The Labute approximate surface area is 108 Å². The van der Waals surface area contributed by atoms with Gasteiger partial charge in [-0.05, 0) is 19.3 Å². The van der Waals surface area contributed by atoms with Gasteiger partial charge in [0.15, 0.2) is 0 Å². The molecule has 0 aromatic rings. The van der Waals surface area contributed by atoms with Crippen LogP contribution in [-0.4, -0.2) is 12.7 Å². The summed E-state index contributed by atoms with van der Waals surface area (Å²) < 4.78 is 5.20. The molecule has 1 atom stereocenters. The second-order valence-corrected chi connectivity index (χ2v) is 5.36. The van der Waals surface area contributed by atoms with Gasteiger partial charge in [0, 0.05) is 0 Å². The number of allylic oxidation sites excluding steroid dienone is 1. The van der Waals surface area contributed by atoms with Crippen molar-refractivity contribution in [2.45, 2.75) is 83.2 Å². The average Bonchev–Trinajstić information content (AvgIpc) is 3.15. The van der Waals surface area contributed by atoms with Crippen LogP contribution >= 0.6 is 0 Å². The highest BCUT2D eigenvalue weighted by atomic mass is 16.6. The summed E-state index contributed by atoms with van der Waals surface area (Å²) in [5.74, 6) is 0. The van der Waals surface area contributed by atoms with E-state index in [0.717, 1.165) is 6.61 Å². The Kier molecular flexibility index (Phi) is 9.40. The van der Waals surface area contributed by atoms with Crippen molar-refractivity contribution in [3.05, 3.63) is 12.7 Å². The predicted molar refractivity (Wildman–Crippen MR) is 75.3 cm³/mol. The summed E-state index contributed by atoms with van der Waals surface area (Å²) in [6.45, 7) is 4.78. The molecule has 1 fully saturated rings. The van der Waals surface area contributed by atoms with Crippen LogP contribution in [0.1, 0.15) is 77.0 Å². The lowest BCUT2D eigenvalue weighted by Gasteiger charge is -2.02. The molecule has 1 unspecified atom stereocenters. The molecule has 0 aliphatic carbocycles. The third-order valence-electron chi connectivity index (χ3n) is 3.59. The molecule has 100 valence electrons. The van der Waals surface area contributed by atoms with Gasteiger partial charge < -0.3 is 4.74 Å². The van der Waals surface area contributed by atoms with Crippen molar-refractivity contribution in [3.63, 3.8) is 0 Å². The Morgan fingerprint density at radius 3 is 1.76 bits per heavy atom. The molecule has 0 saturated carbocycles. The molecule has 1 nitrogen and oxygen atoms in total. The summed E-state index contributed by atoms with van der Waals surface area (Å²) in [5, 5.41) is 0. The van der Waals surface area contributed by atoms with Gasteiger partial charge in [-0.15, -0.1) is 6.58 Å². The van der Waals surface area contributed by atoms with E-state index in [1.54, 1.807) is 0 Å². The van der Waals surface area contributed by atoms with Crippen molar-refractivity contribution in [1.82, 2.24) is 0 Å². The lowest BCUT2D eigenvalue weighted by atomic mass is 10.0. The minimum Gasteiger partial charge on any atom is -0.373 e. The molecule has 1 rings (SSSR count). The van der Waals surface area contributed by atoms with Crippen molar-refractivity contribution >= 4 is 0 Å². The third-order valence-corrected chi connectivity index (χ3v) is 3.59. The lowest BCUT2D eigenvalue weighted by molar-refractivity contribution is 0.387. The highest BCUT2D eigenvalue weighted by molar-refractivity contribution is 4.68. The number of ether oxygens (including phenoxy) is 1.